The lowest BCUT2D eigenvalue weighted by Crippen LogP contribution is -2.24. The average Bonchev–Trinajstić information content (AvgIpc) is 2.62. The average molecular weight is 389 g/mol. The summed E-state index contributed by atoms with van der Waals surface area (Å²) in [6.45, 7) is 8.89. The quantitative estimate of drug-likeness (QED) is 0.376. The maximum Gasteiger partial charge on any atom is 0.417 e. The number of rotatable bonds is 2. The highest BCUT2D eigenvalue weighted by Crippen LogP contribution is 2.43. The van der Waals surface area contributed by atoms with Crippen molar-refractivity contribution in [2.24, 2.45) is 4.99 Å². The van der Waals surface area contributed by atoms with Gasteiger partial charge in [-0.25, -0.2) is 4.39 Å². The van der Waals surface area contributed by atoms with E-state index in [1.54, 1.807) is 39.0 Å². The van der Waals surface area contributed by atoms with Crippen LogP contribution in [0.1, 0.15) is 57.2 Å². The van der Waals surface area contributed by atoms with Crippen LogP contribution in [0.3, 0.4) is 0 Å². The van der Waals surface area contributed by atoms with E-state index in [0.29, 0.717) is 27.8 Å². The van der Waals surface area contributed by atoms with E-state index >= 15 is 0 Å². The smallest absolute Gasteiger partial charge is 0.281 e. The van der Waals surface area contributed by atoms with E-state index < -0.39 is 17.6 Å². The van der Waals surface area contributed by atoms with Crippen LogP contribution in [0, 0.1) is 0 Å². The monoisotopic (exact) mass is 389 g/mol. The van der Waals surface area contributed by atoms with Gasteiger partial charge in [-0.1, -0.05) is 31.2 Å². The summed E-state index contributed by atoms with van der Waals surface area (Å²) < 4.78 is 55.5. The van der Waals surface area contributed by atoms with E-state index in [-0.39, 0.29) is 17.3 Å². The van der Waals surface area contributed by atoms with Crippen LogP contribution in [0.15, 0.2) is 58.4 Å². The molecule has 148 valence electrons. The molecule has 0 N–H and O–H groups in total. The van der Waals surface area contributed by atoms with Crippen LogP contribution in [0.2, 0.25) is 0 Å². The predicted octanol–water partition coefficient (Wildman–Crippen LogP) is 7.36. The maximum absolute atomic E-state index is 14.2. The highest BCUT2D eigenvalue weighted by Gasteiger charge is 2.37. The van der Waals surface area contributed by atoms with Crippen molar-refractivity contribution in [2.45, 2.75) is 52.8 Å². The molecule has 0 amide bonds. The van der Waals surface area contributed by atoms with E-state index in [1.807, 2.05) is 13.8 Å². The topological polar surface area (TPSA) is 12.4 Å². The number of allylic oxidation sites excluding steroid dienone is 4. The van der Waals surface area contributed by atoms with Gasteiger partial charge in [-0.05, 0) is 67.3 Å². The Morgan fingerprint density at radius 1 is 1.04 bits per heavy atom. The van der Waals surface area contributed by atoms with Crippen molar-refractivity contribution in [3.05, 3.63) is 70.1 Å². The summed E-state index contributed by atoms with van der Waals surface area (Å²) in [5.74, 6) is -0.447. The van der Waals surface area contributed by atoms with Gasteiger partial charge < -0.3 is 0 Å². The summed E-state index contributed by atoms with van der Waals surface area (Å²) >= 11 is 0. The molecule has 0 spiro atoms. The largest absolute Gasteiger partial charge is 0.417 e. The van der Waals surface area contributed by atoms with Crippen molar-refractivity contribution < 1.29 is 17.6 Å². The minimum absolute atomic E-state index is 0.0490. The Balaban J connectivity index is 2.38. The van der Waals surface area contributed by atoms with Crippen LogP contribution in [-0.4, -0.2) is 11.8 Å². The first-order valence-corrected chi connectivity index (χ1v) is 9.25. The molecule has 0 aromatic heterocycles. The standard InChI is InChI=1S/C23H23F4N/c1-12(2)20(24)10-13(3)22-18-11-19(23(25,26)27)16-8-6-7-9-17(16)21(18)14(4)15(5)28-22/h6-11,14-15H,1-5H3/b13-10+. The zero-order valence-electron chi connectivity index (χ0n) is 16.6. The fourth-order valence-corrected chi connectivity index (χ4v) is 3.66. The number of halogens is 4. The molecule has 2 aromatic rings. The lowest BCUT2D eigenvalue weighted by molar-refractivity contribution is -0.136. The SMILES string of the molecule is CC(C)=C(F)/C=C(\C)C1=NC(C)C(C)c2c1cc(C(F)(F)F)c1ccccc21. The highest BCUT2D eigenvalue weighted by molar-refractivity contribution is 6.16. The summed E-state index contributed by atoms with van der Waals surface area (Å²) in [5, 5.41) is 0.765. The predicted molar refractivity (Wildman–Crippen MR) is 107 cm³/mol. The molecule has 28 heavy (non-hydrogen) atoms. The first-order chi connectivity index (χ1) is 13.0. The van der Waals surface area contributed by atoms with Crippen molar-refractivity contribution in [1.29, 1.82) is 0 Å². The summed E-state index contributed by atoms with van der Waals surface area (Å²) in [7, 11) is 0. The van der Waals surface area contributed by atoms with E-state index in [2.05, 4.69) is 4.99 Å². The molecule has 1 heterocycles. The highest BCUT2D eigenvalue weighted by atomic mass is 19.4. The van der Waals surface area contributed by atoms with Crippen LogP contribution in [0.25, 0.3) is 10.8 Å². The molecule has 5 heteroatoms. The molecule has 0 fully saturated rings. The van der Waals surface area contributed by atoms with Crippen LogP contribution in [-0.2, 0) is 6.18 Å². The Morgan fingerprint density at radius 3 is 2.21 bits per heavy atom. The number of hydrogen-bond acceptors (Lipinski definition) is 1. The molecule has 2 unspecified atom stereocenters. The minimum atomic E-state index is -4.49. The third-order valence-corrected chi connectivity index (χ3v) is 5.35. The molecule has 0 aliphatic carbocycles. The van der Waals surface area contributed by atoms with Gasteiger partial charge in [0, 0.05) is 11.5 Å². The second-order valence-corrected chi connectivity index (χ2v) is 7.61. The van der Waals surface area contributed by atoms with Gasteiger partial charge in [0.1, 0.15) is 5.83 Å². The summed E-state index contributed by atoms with van der Waals surface area (Å²) in [6, 6.07) is 7.65. The van der Waals surface area contributed by atoms with Crippen LogP contribution < -0.4 is 0 Å². The summed E-state index contributed by atoms with van der Waals surface area (Å²) in [4.78, 5) is 4.64. The van der Waals surface area contributed by atoms with Crippen LogP contribution in [0.5, 0.6) is 0 Å². The van der Waals surface area contributed by atoms with Crippen molar-refractivity contribution >= 4 is 16.5 Å². The van der Waals surface area contributed by atoms with E-state index in [0.717, 1.165) is 5.56 Å². The van der Waals surface area contributed by atoms with Crippen LogP contribution in [0.4, 0.5) is 17.6 Å². The van der Waals surface area contributed by atoms with Crippen molar-refractivity contribution in [3.63, 3.8) is 0 Å². The number of nitrogens with zero attached hydrogens (tertiary/aromatic N) is 1. The number of hydrogen-bond donors (Lipinski definition) is 0. The van der Waals surface area contributed by atoms with Crippen LogP contribution >= 0.6 is 0 Å². The molecular weight excluding hydrogens is 366 g/mol. The summed E-state index contributed by atoms with van der Waals surface area (Å²) in [6.07, 6.45) is -3.14. The fourth-order valence-electron chi connectivity index (χ4n) is 3.66. The minimum Gasteiger partial charge on any atom is -0.281 e. The third kappa shape index (κ3) is 3.50. The Hall–Kier alpha value is -2.43. The molecular formula is C23H23F4N. The molecule has 2 atom stereocenters. The van der Waals surface area contributed by atoms with Crippen molar-refractivity contribution in [2.75, 3.05) is 0 Å². The van der Waals surface area contributed by atoms with Gasteiger partial charge >= 0.3 is 6.18 Å². The number of alkyl halides is 3. The molecule has 0 saturated heterocycles. The molecule has 2 aromatic carbocycles. The van der Waals surface area contributed by atoms with E-state index in [4.69, 9.17) is 0 Å². The lowest BCUT2D eigenvalue weighted by Gasteiger charge is -2.30. The van der Waals surface area contributed by atoms with Gasteiger partial charge in [0.2, 0.25) is 0 Å². The Kier molecular flexibility index (Phi) is 5.22. The second-order valence-electron chi connectivity index (χ2n) is 7.61. The van der Waals surface area contributed by atoms with Crippen molar-refractivity contribution in [1.82, 2.24) is 0 Å². The molecule has 1 nitrogen and oxygen atoms in total. The van der Waals surface area contributed by atoms with E-state index in [1.165, 1.54) is 18.2 Å². The normalized spacial score (nSPS) is 20.0. The number of benzene rings is 2. The first-order valence-electron chi connectivity index (χ1n) is 9.25. The van der Waals surface area contributed by atoms with Gasteiger partial charge in [-0.2, -0.15) is 13.2 Å². The Morgan fingerprint density at radius 2 is 1.64 bits per heavy atom. The van der Waals surface area contributed by atoms with Crippen molar-refractivity contribution in [3.8, 4) is 0 Å². The molecule has 0 radical (unpaired) electrons. The first kappa shape index (κ1) is 20.3. The fraction of sp³-hybridized carbons (Fsp3) is 0.348. The maximum atomic E-state index is 14.2. The van der Waals surface area contributed by atoms with Gasteiger partial charge in [-0.3, -0.25) is 4.99 Å². The van der Waals surface area contributed by atoms with Gasteiger partial charge in [0.05, 0.1) is 17.3 Å². The van der Waals surface area contributed by atoms with Gasteiger partial charge in [0.15, 0.2) is 0 Å². The van der Waals surface area contributed by atoms with Gasteiger partial charge in [-0.15, -0.1) is 0 Å². The molecule has 1 aliphatic heterocycles. The Bertz CT molecular complexity index is 1020. The molecule has 1 aliphatic rings. The molecule has 3 rings (SSSR count). The number of fused-ring (bicyclic) bond motifs is 3. The molecule has 0 saturated carbocycles. The van der Waals surface area contributed by atoms with E-state index in [9.17, 15) is 17.6 Å². The van der Waals surface area contributed by atoms with Gasteiger partial charge in [0.25, 0.3) is 0 Å². The Labute approximate surface area is 162 Å². The zero-order valence-corrected chi connectivity index (χ0v) is 16.6. The second kappa shape index (κ2) is 7.19. The zero-order chi connectivity index (χ0) is 20.8. The third-order valence-electron chi connectivity index (χ3n) is 5.35. The molecule has 0 bridgehead atoms. The summed E-state index contributed by atoms with van der Waals surface area (Å²) in [5.41, 5.74) is 2.03. The lowest BCUT2D eigenvalue weighted by atomic mass is 9.79. The number of aliphatic imine (C=N–C) groups is 1.